The molecule has 0 bridgehead atoms. The Bertz CT molecular complexity index is 1090. The summed E-state index contributed by atoms with van der Waals surface area (Å²) in [5.74, 6) is 2.63. The molecule has 1 saturated heterocycles. The highest BCUT2D eigenvalue weighted by atomic mass is 32.2. The number of aryl methyl sites for hydroxylation is 1. The zero-order valence-corrected chi connectivity index (χ0v) is 18.9. The maximum absolute atomic E-state index is 12.7. The van der Waals surface area contributed by atoms with Gasteiger partial charge in [-0.2, -0.15) is 0 Å². The molecule has 0 radical (unpaired) electrons. The van der Waals surface area contributed by atoms with Gasteiger partial charge in [-0.15, -0.1) is 10.2 Å². The van der Waals surface area contributed by atoms with Crippen molar-refractivity contribution < 1.29 is 10.6 Å². The molecule has 2 fully saturated rings. The molecule has 0 spiro atoms. The lowest BCUT2D eigenvalue weighted by molar-refractivity contribution is -0.105. The molecular formula is C22H26FN7OS. The van der Waals surface area contributed by atoms with Gasteiger partial charge in [0.05, 0.1) is 18.6 Å². The molecule has 1 saturated carbocycles. The van der Waals surface area contributed by atoms with Crippen molar-refractivity contribution in [3.8, 4) is 11.4 Å². The normalized spacial score (nSPS) is 20.8. The Morgan fingerprint density at radius 3 is 2.59 bits per heavy atom. The maximum Gasteiger partial charge on any atom is 0.211 e. The molecule has 1 aliphatic heterocycles. The third-order valence-corrected chi connectivity index (χ3v) is 6.46. The fourth-order valence-electron chi connectivity index (χ4n) is 4.13. The number of halogens is 1. The van der Waals surface area contributed by atoms with Crippen molar-refractivity contribution in [3.63, 3.8) is 0 Å². The molecule has 3 unspecified atom stereocenters. The monoisotopic (exact) mass is 455 g/mol. The minimum atomic E-state index is -0.478. The van der Waals surface area contributed by atoms with Crippen LogP contribution in [0.3, 0.4) is 0 Å². The molecule has 1 amide bonds. The van der Waals surface area contributed by atoms with Crippen LogP contribution in [0.1, 0.15) is 20.3 Å². The SMILES string of the molecule is CSc1ncc(N2CCC3C(C)C32)nn1.Cc1ccc(NC=O)cc1-c1ncc(F)cn1.[HH]. The second kappa shape index (κ2) is 9.56. The van der Waals surface area contributed by atoms with Gasteiger partial charge < -0.3 is 10.2 Å². The van der Waals surface area contributed by atoms with Crippen LogP contribution in [0.5, 0.6) is 0 Å². The van der Waals surface area contributed by atoms with E-state index in [1.807, 2.05) is 25.4 Å². The Kier molecular flexibility index (Phi) is 6.59. The second-order valence-electron chi connectivity index (χ2n) is 7.82. The van der Waals surface area contributed by atoms with Gasteiger partial charge in [0, 0.05) is 25.3 Å². The standard InChI is InChI=1S/C12H10FN3O.C10H14N4S.H2/c1-8-2-3-10(16-7-17)4-11(8)12-14-5-9(13)6-15-12;1-6-7-3-4-14(9(6)7)8-5-11-10(15-2)13-12-8;/h2-7H,1H3,(H,16,17);5-7,9H,3-4H2,1-2H3;1H. The van der Waals surface area contributed by atoms with E-state index in [1.54, 1.807) is 12.1 Å². The summed E-state index contributed by atoms with van der Waals surface area (Å²) >= 11 is 1.53. The Balaban J connectivity index is 0.000000181. The first-order valence-electron chi connectivity index (χ1n) is 10.3. The van der Waals surface area contributed by atoms with Crippen molar-refractivity contribution in [2.24, 2.45) is 11.8 Å². The van der Waals surface area contributed by atoms with Gasteiger partial charge in [-0.05, 0) is 49.1 Å². The number of fused-ring (bicyclic) bond motifs is 1. The van der Waals surface area contributed by atoms with Gasteiger partial charge in [0.25, 0.3) is 0 Å². The molecule has 8 nitrogen and oxygen atoms in total. The number of benzene rings is 1. The predicted octanol–water partition coefficient (Wildman–Crippen LogP) is 3.84. The summed E-state index contributed by atoms with van der Waals surface area (Å²) in [6, 6.07) is 6.07. The Labute approximate surface area is 191 Å². The minimum Gasteiger partial charge on any atom is -0.350 e. The van der Waals surface area contributed by atoms with E-state index in [-0.39, 0.29) is 1.43 Å². The van der Waals surface area contributed by atoms with Crippen LogP contribution in [0, 0.1) is 24.6 Å². The molecule has 2 aromatic heterocycles. The number of rotatable bonds is 5. The van der Waals surface area contributed by atoms with Crippen LogP contribution < -0.4 is 10.2 Å². The lowest BCUT2D eigenvalue weighted by atomic mass is 10.1. The number of piperidine rings is 1. The van der Waals surface area contributed by atoms with Crippen molar-refractivity contribution in [2.45, 2.75) is 31.5 Å². The van der Waals surface area contributed by atoms with Crippen molar-refractivity contribution in [2.75, 3.05) is 23.0 Å². The lowest BCUT2D eigenvalue weighted by Crippen LogP contribution is -2.25. The highest BCUT2D eigenvalue weighted by Crippen LogP contribution is 2.51. The first kappa shape index (κ1) is 22.1. The fourth-order valence-corrected chi connectivity index (χ4v) is 4.41. The summed E-state index contributed by atoms with van der Waals surface area (Å²) in [5, 5.41) is 11.6. The first-order valence-corrected chi connectivity index (χ1v) is 11.5. The van der Waals surface area contributed by atoms with E-state index in [2.05, 4.69) is 42.3 Å². The molecule has 10 heteroatoms. The number of hydrogen-bond acceptors (Lipinski definition) is 8. The molecule has 1 aromatic carbocycles. The molecule has 2 aliphatic rings. The van der Waals surface area contributed by atoms with Crippen molar-refractivity contribution in [1.82, 2.24) is 25.1 Å². The van der Waals surface area contributed by atoms with E-state index >= 15 is 0 Å². The van der Waals surface area contributed by atoms with Crippen molar-refractivity contribution >= 4 is 29.7 Å². The van der Waals surface area contributed by atoms with Gasteiger partial charge in [-0.1, -0.05) is 24.8 Å². The molecule has 3 heterocycles. The topological polar surface area (TPSA) is 96.8 Å². The van der Waals surface area contributed by atoms with Crippen LogP contribution in [0.15, 0.2) is 41.9 Å². The Morgan fingerprint density at radius 2 is 2.00 bits per heavy atom. The van der Waals surface area contributed by atoms with Crippen molar-refractivity contribution in [3.05, 3.63) is 48.2 Å². The Hall–Kier alpha value is -3.14. The van der Waals surface area contributed by atoms with E-state index in [0.29, 0.717) is 24.0 Å². The summed E-state index contributed by atoms with van der Waals surface area (Å²) in [6.07, 6.45) is 7.94. The highest BCUT2D eigenvalue weighted by molar-refractivity contribution is 7.98. The fraction of sp³-hybridized carbons (Fsp3) is 0.364. The van der Waals surface area contributed by atoms with Crippen molar-refractivity contribution in [1.29, 1.82) is 0 Å². The summed E-state index contributed by atoms with van der Waals surface area (Å²) in [6.45, 7) is 5.33. The summed E-state index contributed by atoms with van der Waals surface area (Å²) in [7, 11) is 0. The predicted molar refractivity (Wildman–Crippen MR) is 124 cm³/mol. The van der Waals surface area contributed by atoms with E-state index in [4.69, 9.17) is 0 Å². The first-order chi connectivity index (χ1) is 15.5. The zero-order chi connectivity index (χ0) is 22.7. The summed E-state index contributed by atoms with van der Waals surface area (Å²) in [5.41, 5.74) is 2.36. The van der Waals surface area contributed by atoms with Gasteiger partial charge in [0.2, 0.25) is 11.6 Å². The van der Waals surface area contributed by atoms with E-state index in [1.165, 1.54) is 18.2 Å². The van der Waals surface area contributed by atoms with Crippen LogP contribution in [0.4, 0.5) is 15.9 Å². The number of carbonyl (C=O) groups is 1. The quantitative estimate of drug-likeness (QED) is 0.458. The molecule has 3 aromatic rings. The maximum atomic E-state index is 12.7. The summed E-state index contributed by atoms with van der Waals surface area (Å²) in [4.78, 5) is 24.8. The molecule has 1 aliphatic carbocycles. The summed E-state index contributed by atoms with van der Waals surface area (Å²) < 4.78 is 12.7. The number of hydrogen-bond donors (Lipinski definition) is 1. The number of anilines is 2. The molecule has 168 valence electrons. The minimum absolute atomic E-state index is 0. The van der Waals surface area contributed by atoms with Gasteiger partial charge in [-0.25, -0.2) is 19.3 Å². The number of carbonyl (C=O) groups excluding carboxylic acids is 1. The van der Waals surface area contributed by atoms with Crippen LogP contribution in [-0.4, -0.2) is 50.4 Å². The Morgan fingerprint density at radius 1 is 1.22 bits per heavy atom. The average molecular weight is 456 g/mol. The van der Waals surface area contributed by atoms with Gasteiger partial charge >= 0.3 is 0 Å². The van der Waals surface area contributed by atoms with Crippen LogP contribution in [0.25, 0.3) is 11.4 Å². The van der Waals surface area contributed by atoms with E-state index in [0.717, 1.165) is 52.9 Å². The van der Waals surface area contributed by atoms with Crippen LogP contribution >= 0.6 is 11.8 Å². The third-order valence-electron chi connectivity index (χ3n) is 5.90. The third kappa shape index (κ3) is 4.69. The average Bonchev–Trinajstić information content (AvgIpc) is 3.23. The number of nitrogens with one attached hydrogen (secondary N) is 1. The second-order valence-corrected chi connectivity index (χ2v) is 8.59. The molecular weight excluding hydrogens is 429 g/mol. The highest BCUT2D eigenvalue weighted by Gasteiger charge is 2.54. The van der Waals surface area contributed by atoms with Crippen LogP contribution in [-0.2, 0) is 4.79 Å². The number of amides is 1. The largest absolute Gasteiger partial charge is 0.350 e. The van der Waals surface area contributed by atoms with Crippen LogP contribution in [0.2, 0.25) is 0 Å². The molecule has 3 atom stereocenters. The van der Waals surface area contributed by atoms with Gasteiger partial charge in [0.1, 0.15) is 0 Å². The lowest BCUT2D eigenvalue weighted by Gasteiger charge is -2.19. The van der Waals surface area contributed by atoms with Gasteiger partial charge in [0.15, 0.2) is 17.5 Å². The zero-order valence-electron chi connectivity index (χ0n) is 18.1. The number of aromatic nitrogens is 5. The van der Waals surface area contributed by atoms with Gasteiger partial charge in [-0.3, -0.25) is 4.79 Å². The molecule has 1 N–H and O–H groups in total. The number of thioether (sulfide) groups is 1. The molecule has 5 rings (SSSR count). The van der Waals surface area contributed by atoms with E-state index in [9.17, 15) is 9.18 Å². The van der Waals surface area contributed by atoms with E-state index < -0.39 is 5.82 Å². The number of nitrogens with zero attached hydrogens (tertiary/aromatic N) is 6. The molecule has 32 heavy (non-hydrogen) atoms. The smallest absolute Gasteiger partial charge is 0.211 e.